The second kappa shape index (κ2) is 12.1. The van der Waals surface area contributed by atoms with Crippen molar-refractivity contribution in [3.63, 3.8) is 0 Å². The predicted octanol–water partition coefficient (Wildman–Crippen LogP) is 5.92. The number of rotatable bonds is 9. The van der Waals surface area contributed by atoms with E-state index in [0.717, 1.165) is 11.1 Å². The smallest absolute Gasteiger partial charge is 0.262 e. The average Bonchev–Trinajstić information content (AvgIpc) is 2.86. The molecule has 0 aromatic heterocycles. The number of carbonyl (C=O) groups is 1. The Hall–Kier alpha value is -3.47. The molecule has 3 aromatic rings. The topological polar surface area (TPSA) is 80.6 Å². The third-order valence-corrected chi connectivity index (χ3v) is 5.74. The second-order valence-electron chi connectivity index (χ2n) is 7.14. The van der Waals surface area contributed by atoms with E-state index in [0.29, 0.717) is 38.9 Å². The summed E-state index contributed by atoms with van der Waals surface area (Å²) >= 11 is 9.39. The Morgan fingerprint density at radius 2 is 1.82 bits per heavy atom. The number of methoxy groups -OCH3 is 2. The number of ether oxygens (including phenoxy) is 3. The van der Waals surface area contributed by atoms with Crippen molar-refractivity contribution in [3.05, 3.63) is 92.4 Å². The summed E-state index contributed by atoms with van der Waals surface area (Å²) in [6.45, 7) is 0.581. The Balaban J connectivity index is 1.66. The zero-order chi connectivity index (χ0) is 24.5. The largest absolute Gasteiger partial charge is 0.497 e. The van der Waals surface area contributed by atoms with Crippen LogP contribution in [0.1, 0.15) is 16.7 Å². The molecule has 0 spiro atoms. The molecule has 0 saturated carbocycles. The lowest BCUT2D eigenvalue weighted by atomic mass is 10.1. The zero-order valence-corrected chi connectivity index (χ0v) is 20.9. The Morgan fingerprint density at radius 1 is 1.06 bits per heavy atom. The third kappa shape index (κ3) is 6.77. The molecule has 0 saturated heterocycles. The van der Waals surface area contributed by atoms with Gasteiger partial charge in [-0.25, -0.2) is 0 Å². The first-order valence-electron chi connectivity index (χ1n) is 10.2. The molecule has 0 radical (unpaired) electrons. The number of nitrogens with zero attached hydrogens (tertiary/aromatic N) is 1. The van der Waals surface area contributed by atoms with Crippen LogP contribution in [0.3, 0.4) is 0 Å². The van der Waals surface area contributed by atoms with E-state index in [9.17, 15) is 10.1 Å². The summed E-state index contributed by atoms with van der Waals surface area (Å²) in [5.41, 5.74) is 2.41. The van der Waals surface area contributed by atoms with Gasteiger partial charge < -0.3 is 19.5 Å². The Labute approximate surface area is 211 Å². The lowest BCUT2D eigenvalue weighted by Crippen LogP contribution is -2.24. The molecule has 0 aliphatic rings. The minimum atomic E-state index is -0.487. The van der Waals surface area contributed by atoms with Crippen molar-refractivity contribution in [3.8, 4) is 23.3 Å². The minimum absolute atomic E-state index is 0.0192. The highest BCUT2D eigenvalue weighted by atomic mass is 79.9. The second-order valence-corrected chi connectivity index (χ2v) is 8.43. The van der Waals surface area contributed by atoms with Gasteiger partial charge in [0.2, 0.25) is 0 Å². The fourth-order valence-corrected chi connectivity index (χ4v) is 3.69. The number of benzene rings is 3. The fraction of sp³-hybridized carbons (Fsp3) is 0.154. The van der Waals surface area contributed by atoms with Crippen LogP contribution in [-0.2, 0) is 17.9 Å². The fourth-order valence-electron chi connectivity index (χ4n) is 3.05. The highest BCUT2D eigenvalue weighted by molar-refractivity contribution is 9.10. The van der Waals surface area contributed by atoms with E-state index in [1.54, 1.807) is 50.6 Å². The van der Waals surface area contributed by atoms with Gasteiger partial charge in [0.25, 0.3) is 5.91 Å². The van der Waals surface area contributed by atoms with E-state index in [1.807, 2.05) is 30.3 Å². The lowest BCUT2D eigenvalue weighted by molar-refractivity contribution is -0.117. The molecule has 0 aliphatic heterocycles. The monoisotopic (exact) mass is 540 g/mol. The van der Waals surface area contributed by atoms with Gasteiger partial charge in [0.1, 0.15) is 35.5 Å². The number of halogens is 2. The van der Waals surface area contributed by atoms with Crippen molar-refractivity contribution in [2.24, 2.45) is 0 Å². The maximum atomic E-state index is 12.6. The van der Waals surface area contributed by atoms with Crippen LogP contribution in [-0.4, -0.2) is 20.1 Å². The maximum absolute atomic E-state index is 12.6. The summed E-state index contributed by atoms with van der Waals surface area (Å²) in [7, 11) is 3.11. The number of carbonyl (C=O) groups excluding carboxylic acids is 1. The molecule has 0 atom stereocenters. The van der Waals surface area contributed by atoms with Crippen LogP contribution in [0.4, 0.5) is 0 Å². The van der Waals surface area contributed by atoms with E-state index >= 15 is 0 Å². The maximum Gasteiger partial charge on any atom is 0.262 e. The first-order chi connectivity index (χ1) is 16.4. The van der Waals surface area contributed by atoms with Gasteiger partial charge in [0.05, 0.1) is 18.7 Å². The van der Waals surface area contributed by atoms with Crippen molar-refractivity contribution in [2.45, 2.75) is 13.2 Å². The molecule has 0 bridgehead atoms. The molecular formula is C26H22BrClN2O4. The SMILES string of the molecule is COc1ccc(CNC(=O)/C(C#N)=C/c2ccc(OCc3ccc(Cl)cc3)c(Br)c2)c(OC)c1. The van der Waals surface area contributed by atoms with E-state index in [1.165, 1.54) is 6.08 Å². The van der Waals surface area contributed by atoms with Crippen LogP contribution in [0.25, 0.3) is 6.08 Å². The molecule has 0 aliphatic carbocycles. The van der Waals surface area contributed by atoms with Crippen LogP contribution in [0.5, 0.6) is 17.2 Å². The molecule has 3 aromatic carbocycles. The van der Waals surface area contributed by atoms with Crippen LogP contribution in [0.2, 0.25) is 5.02 Å². The highest BCUT2D eigenvalue weighted by Crippen LogP contribution is 2.28. The highest BCUT2D eigenvalue weighted by Gasteiger charge is 2.12. The van der Waals surface area contributed by atoms with Crippen LogP contribution in [0.15, 0.2) is 70.7 Å². The summed E-state index contributed by atoms with van der Waals surface area (Å²) < 4.78 is 17.1. The zero-order valence-electron chi connectivity index (χ0n) is 18.6. The van der Waals surface area contributed by atoms with E-state index in [-0.39, 0.29) is 12.1 Å². The van der Waals surface area contributed by atoms with Gasteiger partial charge >= 0.3 is 0 Å². The molecule has 174 valence electrons. The molecule has 6 nitrogen and oxygen atoms in total. The van der Waals surface area contributed by atoms with Gasteiger partial charge in [-0.05, 0) is 69.5 Å². The molecular weight excluding hydrogens is 520 g/mol. The number of hydrogen-bond donors (Lipinski definition) is 1. The number of amides is 1. The molecule has 3 rings (SSSR count). The summed E-state index contributed by atoms with van der Waals surface area (Å²) in [5, 5.41) is 12.9. The summed E-state index contributed by atoms with van der Waals surface area (Å²) in [5.74, 6) is 1.39. The third-order valence-electron chi connectivity index (χ3n) is 4.87. The Kier molecular flexibility index (Phi) is 8.97. The van der Waals surface area contributed by atoms with E-state index in [2.05, 4.69) is 21.2 Å². The van der Waals surface area contributed by atoms with Gasteiger partial charge in [-0.2, -0.15) is 5.26 Å². The van der Waals surface area contributed by atoms with Crippen molar-refractivity contribution in [1.82, 2.24) is 5.32 Å². The molecule has 0 heterocycles. The predicted molar refractivity (Wildman–Crippen MR) is 135 cm³/mol. The molecule has 34 heavy (non-hydrogen) atoms. The van der Waals surface area contributed by atoms with Gasteiger partial charge in [0.15, 0.2) is 0 Å². The molecule has 0 unspecified atom stereocenters. The van der Waals surface area contributed by atoms with Gasteiger partial charge in [-0.3, -0.25) is 4.79 Å². The summed E-state index contributed by atoms with van der Waals surface area (Å²) in [4.78, 5) is 12.6. The standard InChI is InChI=1S/C26H22BrClN2O4/c1-32-22-9-6-19(25(13-22)33-2)15-30-26(31)20(14-29)11-18-5-10-24(23(27)12-18)34-16-17-3-7-21(28)8-4-17/h3-13H,15-16H2,1-2H3,(H,30,31)/b20-11+. The van der Waals surface area contributed by atoms with E-state index < -0.39 is 5.91 Å². The van der Waals surface area contributed by atoms with Crippen molar-refractivity contribution >= 4 is 39.5 Å². The molecule has 0 fully saturated rings. The lowest BCUT2D eigenvalue weighted by Gasteiger charge is -2.11. The first kappa shape index (κ1) is 25.2. The molecule has 1 amide bonds. The Morgan fingerprint density at radius 3 is 2.47 bits per heavy atom. The quantitative estimate of drug-likeness (QED) is 0.269. The first-order valence-corrected chi connectivity index (χ1v) is 11.4. The minimum Gasteiger partial charge on any atom is -0.497 e. The normalized spacial score (nSPS) is 10.9. The number of nitrogens with one attached hydrogen (secondary N) is 1. The van der Waals surface area contributed by atoms with Crippen molar-refractivity contribution in [2.75, 3.05) is 14.2 Å². The molecule has 1 N–H and O–H groups in total. The van der Waals surface area contributed by atoms with Gasteiger partial charge in [0, 0.05) is 23.2 Å². The van der Waals surface area contributed by atoms with Crippen LogP contribution in [0, 0.1) is 11.3 Å². The van der Waals surface area contributed by atoms with Gasteiger partial charge in [-0.1, -0.05) is 29.8 Å². The summed E-state index contributed by atoms with van der Waals surface area (Å²) in [6, 6.07) is 20.0. The number of nitriles is 1. The van der Waals surface area contributed by atoms with Crippen LogP contribution >= 0.6 is 27.5 Å². The summed E-state index contributed by atoms with van der Waals surface area (Å²) in [6.07, 6.45) is 1.52. The number of hydrogen-bond acceptors (Lipinski definition) is 5. The van der Waals surface area contributed by atoms with E-state index in [4.69, 9.17) is 25.8 Å². The Bertz CT molecular complexity index is 1240. The van der Waals surface area contributed by atoms with Gasteiger partial charge in [-0.15, -0.1) is 0 Å². The van der Waals surface area contributed by atoms with Crippen molar-refractivity contribution < 1.29 is 19.0 Å². The van der Waals surface area contributed by atoms with Crippen LogP contribution < -0.4 is 19.5 Å². The molecule has 8 heteroatoms. The average molecular weight is 542 g/mol. The van der Waals surface area contributed by atoms with Crippen molar-refractivity contribution in [1.29, 1.82) is 5.26 Å².